The molecule has 0 aliphatic heterocycles. The zero-order valence-corrected chi connectivity index (χ0v) is 18.2. The van der Waals surface area contributed by atoms with Crippen molar-refractivity contribution in [1.29, 1.82) is 0 Å². The van der Waals surface area contributed by atoms with Crippen LogP contribution in [-0.2, 0) is 4.79 Å². The van der Waals surface area contributed by atoms with Gasteiger partial charge in [-0.1, -0.05) is 12.7 Å². The summed E-state index contributed by atoms with van der Waals surface area (Å²) in [6, 6.07) is 10.1. The van der Waals surface area contributed by atoms with Crippen LogP contribution in [-0.4, -0.2) is 45.4 Å². The predicted molar refractivity (Wildman–Crippen MR) is 117 cm³/mol. The molecule has 0 heterocycles. The van der Waals surface area contributed by atoms with Crippen LogP contribution < -0.4 is 25.0 Å². The summed E-state index contributed by atoms with van der Waals surface area (Å²) in [6.45, 7) is 3.77. The Labute approximate surface area is 183 Å². The molecule has 30 heavy (non-hydrogen) atoms. The topological polar surface area (TPSA) is 98.2 Å². The minimum Gasteiger partial charge on any atom is -0.493 e. The molecule has 0 aliphatic rings. The molecule has 8 nitrogen and oxygen atoms in total. The molecule has 0 unspecified atom stereocenters. The molecule has 0 radical (unpaired) electrons. The van der Waals surface area contributed by atoms with Gasteiger partial charge in [0.1, 0.15) is 12.4 Å². The van der Waals surface area contributed by atoms with Crippen LogP contribution in [0, 0.1) is 0 Å². The molecular formula is C21H22BrN3O5. The number of benzene rings is 2. The maximum Gasteiger partial charge on any atom is 0.259 e. The van der Waals surface area contributed by atoms with Crippen LogP contribution in [0.3, 0.4) is 0 Å². The minimum atomic E-state index is -0.468. The summed E-state index contributed by atoms with van der Waals surface area (Å²) in [5.41, 5.74) is 3.45. The Hall–Kier alpha value is -3.33. The molecule has 2 aromatic carbocycles. The highest BCUT2D eigenvalue weighted by atomic mass is 79.9. The van der Waals surface area contributed by atoms with E-state index in [4.69, 9.17) is 14.2 Å². The lowest BCUT2D eigenvalue weighted by Gasteiger charge is -2.09. The van der Waals surface area contributed by atoms with E-state index >= 15 is 0 Å². The molecule has 0 spiro atoms. The molecule has 0 saturated carbocycles. The summed E-state index contributed by atoms with van der Waals surface area (Å²) < 4.78 is 16.5. The number of ether oxygens (including phenoxy) is 3. The lowest BCUT2D eigenvalue weighted by atomic mass is 10.2. The van der Waals surface area contributed by atoms with E-state index in [1.54, 1.807) is 36.4 Å². The molecule has 0 fully saturated rings. The maximum atomic E-state index is 12.2. The Kier molecular flexibility index (Phi) is 8.89. The smallest absolute Gasteiger partial charge is 0.259 e. The van der Waals surface area contributed by atoms with Gasteiger partial charge in [-0.05, 0) is 57.9 Å². The van der Waals surface area contributed by atoms with Crippen LogP contribution >= 0.6 is 15.9 Å². The van der Waals surface area contributed by atoms with Crippen molar-refractivity contribution in [2.24, 2.45) is 5.10 Å². The van der Waals surface area contributed by atoms with Crippen molar-refractivity contribution in [3.63, 3.8) is 0 Å². The Balaban J connectivity index is 1.85. The number of halogens is 1. The SMILES string of the molecule is C=CCOc1ccc(C=NNC(=O)CNC(=O)c2ccc(OC)c(OC)c2)cc1Br. The molecule has 0 atom stereocenters. The van der Waals surface area contributed by atoms with Gasteiger partial charge >= 0.3 is 0 Å². The molecule has 2 rings (SSSR count). The molecule has 0 aliphatic carbocycles. The summed E-state index contributed by atoms with van der Waals surface area (Å²) in [4.78, 5) is 24.1. The van der Waals surface area contributed by atoms with Crippen LogP contribution in [0.25, 0.3) is 0 Å². The molecule has 0 aromatic heterocycles. The average Bonchev–Trinajstić information content (AvgIpc) is 2.76. The minimum absolute atomic E-state index is 0.234. The number of carbonyl (C=O) groups excluding carboxylic acids is 2. The van der Waals surface area contributed by atoms with Gasteiger partial charge in [0.15, 0.2) is 11.5 Å². The third-order valence-corrected chi connectivity index (χ3v) is 4.39. The molecule has 2 aromatic rings. The van der Waals surface area contributed by atoms with Crippen LogP contribution in [0.15, 0.2) is 58.6 Å². The van der Waals surface area contributed by atoms with Crippen molar-refractivity contribution in [1.82, 2.24) is 10.7 Å². The third-order valence-electron chi connectivity index (χ3n) is 3.77. The van der Waals surface area contributed by atoms with E-state index in [1.165, 1.54) is 26.5 Å². The second-order valence-electron chi connectivity index (χ2n) is 5.84. The van der Waals surface area contributed by atoms with Crippen LogP contribution in [0.2, 0.25) is 0 Å². The highest BCUT2D eigenvalue weighted by Gasteiger charge is 2.11. The third kappa shape index (κ3) is 6.63. The number of methoxy groups -OCH3 is 2. The van der Waals surface area contributed by atoms with E-state index in [1.807, 2.05) is 0 Å². The van der Waals surface area contributed by atoms with Crippen LogP contribution in [0.1, 0.15) is 15.9 Å². The highest BCUT2D eigenvalue weighted by Crippen LogP contribution is 2.27. The van der Waals surface area contributed by atoms with E-state index in [2.05, 4.69) is 38.4 Å². The lowest BCUT2D eigenvalue weighted by Crippen LogP contribution is -2.34. The van der Waals surface area contributed by atoms with Gasteiger partial charge < -0.3 is 19.5 Å². The molecule has 158 valence electrons. The van der Waals surface area contributed by atoms with Gasteiger partial charge in [-0.25, -0.2) is 5.43 Å². The standard InChI is InChI=1S/C21H22BrN3O5/c1-4-9-30-17-7-5-14(10-16(17)22)12-24-25-20(26)13-23-21(27)15-6-8-18(28-2)19(11-15)29-3/h4-8,10-12H,1,9,13H2,2-3H3,(H,23,27)(H,25,26). The summed E-state index contributed by atoms with van der Waals surface area (Å²) in [5.74, 6) is 0.715. The van der Waals surface area contributed by atoms with E-state index in [0.717, 1.165) is 10.0 Å². The van der Waals surface area contributed by atoms with E-state index in [-0.39, 0.29) is 6.54 Å². The lowest BCUT2D eigenvalue weighted by molar-refractivity contribution is -0.120. The van der Waals surface area contributed by atoms with Gasteiger partial charge in [0.05, 0.1) is 31.5 Å². The number of nitrogens with one attached hydrogen (secondary N) is 2. The van der Waals surface area contributed by atoms with Crippen molar-refractivity contribution in [3.8, 4) is 17.2 Å². The van der Waals surface area contributed by atoms with E-state index < -0.39 is 11.8 Å². The monoisotopic (exact) mass is 475 g/mol. The number of amides is 2. The van der Waals surface area contributed by atoms with Gasteiger partial charge in [0.25, 0.3) is 11.8 Å². The van der Waals surface area contributed by atoms with Crippen molar-refractivity contribution in [3.05, 3.63) is 64.7 Å². The Morgan fingerprint density at radius 3 is 2.50 bits per heavy atom. The summed E-state index contributed by atoms with van der Waals surface area (Å²) in [6.07, 6.45) is 3.14. The molecule has 9 heteroatoms. The van der Waals surface area contributed by atoms with Crippen LogP contribution in [0.5, 0.6) is 17.2 Å². The zero-order chi connectivity index (χ0) is 21.9. The first-order valence-corrected chi connectivity index (χ1v) is 9.63. The maximum absolute atomic E-state index is 12.2. The van der Waals surface area contributed by atoms with Crippen molar-refractivity contribution < 1.29 is 23.8 Å². The fraction of sp³-hybridized carbons (Fsp3) is 0.190. The van der Waals surface area contributed by atoms with Gasteiger partial charge in [-0.2, -0.15) is 5.10 Å². The number of hydrazone groups is 1. The number of hydrogen-bond donors (Lipinski definition) is 2. The second kappa shape index (κ2) is 11.6. The summed E-state index contributed by atoms with van der Waals surface area (Å²) in [5, 5.41) is 6.40. The molecule has 2 N–H and O–H groups in total. The normalized spacial score (nSPS) is 10.4. The fourth-order valence-corrected chi connectivity index (χ4v) is 2.83. The Morgan fingerprint density at radius 1 is 1.10 bits per heavy atom. The molecule has 0 saturated heterocycles. The number of rotatable bonds is 10. The number of nitrogens with zero attached hydrogens (tertiary/aromatic N) is 1. The fourth-order valence-electron chi connectivity index (χ4n) is 2.32. The zero-order valence-electron chi connectivity index (χ0n) is 16.6. The predicted octanol–water partition coefficient (Wildman–Crippen LogP) is 2.91. The highest BCUT2D eigenvalue weighted by molar-refractivity contribution is 9.10. The largest absolute Gasteiger partial charge is 0.493 e. The van der Waals surface area contributed by atoms with Gasteiger partial charge in [-0.3, -0.25) is 9.59 Å². The molecule has 0 bridgehead atoms. The quantitative estimate of drug-likeness (QED) is 0.312. The first-order valence-electron chi connectivity index (χ1n) is 8.83. The Bertz CT molecular complexity index is 946. The molecule has 2 amide bonds. The van der Waals surface area contributed by atoms with Gasteiger partial charge in [0.2, 0.25) is 0 Å². The first-order chi connectivity index (χ1) is 14.5. The van der Waals surface area contributed by atoms with Crippen molar-refractivity contribution in [2.75, 3.05) is 27.4 Å². The van der Waals surface area contributed by atoms with Gasteiger partial charge in [-0.15, -0.1) is 0 Å². The first kappa shape index (κ1) is 23.0. The van der Waals surface area contributed by atoms with Crippen LogP contribution in [0.4, 0.5) is 0 Å². The summed E-state index contributed by atoms with van der Waals surface area (Å²) in [7, 11) is 2.98. The van der Waals surface area contributed by atoms with E-state index in [9.17, 15) is 9.59 Å². The summed E-state index contributed by atoms with van der Waals surface area (Å²) >= 11 is 3.41. The second-order valence-corrected chi connectivity index (χ2v) is 6.69. The van der Waals surface area contributed by atoms with Gasteiger partial charge in [0, 0.05) is 5.56 Å². The number of hydrogen-bond acceptors (Lipinski definition) is 6. The average molecular weight is 476 g/mol. The molecular weight excluding hydrogens is 454 g/mol. The Morgan fingerprint density at radius 2 is 1.83 bits per heavy atom. The number of carbonyl (C=O) groups is 2. The van der Waals surface area contributed by atoms with Crippen molar-refractivity contribution >= 4 is 34.0 Å². The van der Waals surface area contributed by atoms with E-state index in [0.29, 0.717) is 29.4 Å². The van der Waals surface area contributed by atoms with Crippen molar-refractivity contribution in [2.45, 2.75) is 0 Å².